The summed E-state index contributed by atoms with van der Waals surface area (Å²) in [4.78, 5) is 2.45. The molecule has 88 valence electrons. The van der Waals surface area contributed by atoms with E-state index >= 15 is 0 Å². The van der Waals surface area contributed by atoms with E-state index in [2.05, 4.69) is 17.1 Å². The van der Waals surface area contributed by atoms with Crippen LogP contribution in [0.15, 0.2) is 0 Å². The fourth-order valence-electron chi connectivity index (χ4n) is 2.86. The molecule has 1 aliphatic heterocycles. The second-order valence-electron chi connectivity index (χ2n) is 5.31. The van der Waals surface area contributed by atoms with Crippen LogP contribution in [0.4, 0.5) is 0 Å². The van der Waals surface area contributed by atoms with Crippen molar-refractivity contribution < 1.29 is 5.11 Å². The lowest BCUT2D eigenvalue weighted by Gasteiger charge is -2.41. The third kappa shape index (κ3) is 2.92. The topological polar surface area (TPSA) is 35.5 Å². The molecule has 2 fully saturated rings. The second kappa shape index (κ2) is 4.81. The number of nitrogens with zero attached hydrogens (tertiary/aromatic N) is 1. The van der Waals surface area contributed by atoms with Gasteiger partial charge in [0.15, 0.2) is 0 Å². The first-order chi connectivity index (χ1) is 7.20. The summed E-state index contributed by atoms with van der Waals surface area (Å²) in [6.45, 7) is 6.36. The number of β-amino-alcohol motifs (C(OH)–C–C–N with tert-alkyl or cyclic N) is 1. The van der Waals surface area contributed by atoms with Gasteiger partial charge in [-0.1, -0.05) is 19.3 Å². The van der Waals surface area contributed by atoms with Gasteiger partial charge in [0.25, 0.3) is 0 Å². The van der Waals surface area contributed by atoms with Gasteiger partial charge in [-0.05, 0) is 19.8 Å². The van der Waals surface area contributed by atoms with Gasteiger partial charge in [0.2, 0.25) is 0 Å². The normalized spacial score (nSPS) is 32.8. The van der Waals surface area contributed by atoms with E-state index in [9.17, 15) is 5.11 Å². The van der Waals surface area contributed by atoms with E-state index in [1.165, 1.54) is 19.3 Å². The lowest BCUT2D eigenvalue weighted by Crippen LogP contribution is -2.55. The lowest BCUT2D eigenvalue weighted by molar-refractivity contribution is -0.0377. The Bertz CT molecular complexity index is 202. The Kier molecular flexibility index (Phi) is 3.65. The van der Waals surface area contributed by atoms with E-state index in [-0.39, 0.29) is 5.60 Å². The average Bonchev–Trinajstić information content (AvgIpc) is 2.22. The van der Waals surface area contributed by atoms with Crippen molar-refractivity contribution in [3.8, 4) is 0 Å². The van der Waals surface area contributed by atoms with Crippen LogP contribution in [0.2, 0.25) is 0 Å². The van der Waals surface area contributed by atoms with Crippen molar-refractivity contribution in [1.29, 1.82) is 0 Å². The van der Waals surface area contributed by atoms with E-state index in [0.717, 1.165) is 39.0 Å². The van der Waals surface area contributed by atoms with E-state index in [4.69, 9.17) is 0 Å². The van der Waals surface area contributed by atoms with Gasteiger partial charge in [0.1, 0.15) is 0 Å². The van der Waals surface area contributed by atoms with Crippen LogP contribution in [0.25, 0.3) is 0 Å². The van der Waals surface area contributed by atoms with Crippen molar-refractivity contribution in [1.82, 2.24) is 10.2 Å². The molecule has 1 unspecified atom stereocenters. The molecular formula is C12H24N2O. The molecule has 1 heterocycles. The molecule has 2 aliphatic rings. The van der Waals surface area contributed by atoms with Crippen LogP contribution in [-0.2, 0) is 0 Å². The number of aliphatic hydroxyl groups is 1. The summed E-state index contributed by atoms with van der Waals surface area (Å²) in [5.41, 5.74) is -0.385. The van der Waals surface area contributed by atoms with Crippen LogP contribution in [-0.4, -0.2) is 47.8 Å². The van der Waals surface area contributed by atoms with Gasteiger partial charge in [-0.2, -0.15) is 0 Å². The summed E-state index contributed by atoms with van der Waals surface area (Å²) in [6.07, 6.45) is 5.72. The zero-order chi connectivity index (χ0) is 10.7. The fourth-order valence-corrected chi connectivity index (χ4v) is 2.86. The van der Waals surface area contributed by atoms with Crippen LogP contribution in [0.3, 0.4) is 0 Å². The fraction of sp³-hybridized carbons (Fsp3) is 1.00. The standard InChI is InChI=1S/C12H24N2O/c1-11-9-13-7-8-14(11)10-12(15)5-3-2-4-6-12/h11,13,15H,2-10H2,1H3. The largest absolute Gasteiger partial charge is 0.389 e. The highest BCUT2D eigenvalue weighted by Crippen LogP contribution is 2.29. The Hall–Kier alpha value is -0.120. The molecule has 2 N–H and O–H groups in total. The molecular weight excluding hydrogens is 188 g/mol. The van der Waals surface area contributed by atoms with Crippen LogP contribution in [0.5, 0.6) is 0 Å². The molecule has 0 aromatic carbocycles. The monoisotopic (exact) mass is 212 g/mol. The maximum Gasteiger partial charge on any atom is 0.0774 e. The Morgan fingerprint density at radius 1 is 1.33 bits per heavy atom. The quantitative estimate of drug-likeness (QED) is 0.716. The van der Waals surface area contributed by atoms with Gasteiger partial charge in [-0.25, -0.2) is 0 Å². The SMILES string of the molecule is CC1CNCCN1CC1(O)CCCCC1. The van der Waals surface area contributed by atoms with Crippen LogP contribution < -0.4 is 5.32 Å². The molecule has 2 rings (SSSR count). The summed E-state index contributed by atoms with van der Waals surface area (Å²) in [6, 6.07) is 0.574. The molecule has 0 radical (unpaired) electrons. The van der Waals surface area contributed by atoms with Crippen molar-refractivity contribution in [2.24, 2.45) is 0 Å². The van der Waals surface area contributed by atoms with E-state index in [0.29, 0.717) is 6.04 Å². The first kappa shape index (κ1) is 11.4. The summed E-state index contributed by atoms with van der Waals surface area (Å²) in [5, 5.41) is 13.9. The predicted octanol–water partition coefficient (Wildman–Crippen LogP) is 0.975. The minimum atomic E-state index is -0.385. The smallest absolute Gasteiger partial charge is 0.0774 e. The highest BCUT2D eigenvalue weighted by Gasteiger charge is 2.33. The molecule has 3 heteroatoms. The van der Waals surface area contributed by atoms with Crippen molar-refractivity contribution in [2.45, 2.75) is 50.7 Å². The van der Waals surface area contributed by atoms with E-state index in [1.807, 2.05) is 0 Å². The number of piperazine rings is 1. The van der Waals surface area contributed by atoms with Gasteiger partial charge in [0.05, 0.1) is 5.60 Å². The Balaban J connectivity index is 1.88. The van der Waals surface area contributed by atoms with Gasteiger partial charge in [0, 0.05) is 32.2 Å². The molecule has 0 spiro atoms. The Labute approximate surface area is 92.8 Å². The third-order valence-electron chi connectivity index (χ3n) is 3.92. The first-order valence-electron chi connectivity index (χ1n) is 6.37. The van der Waals surface area contributed by atoms with Crippen molar-refractivity contribution in [2.75, 3.05) is 26.2 Å². The molecule has 0 bridgehead atoms. The predicted molar refractivity (Wildman–Crippen MR) is 61.9 cm³/mol. The molecule has 1 saturated carbocycles. The minimum absolute atomic E-state index is 0.385. The average molecular weight is 212 g/mol. The van der Waals surface area contributed by atoms with Gasteiger partial charge in [-0.3, -0.25) is 4.90 Å². The summed E-state index contributed by atoms with van der Waals surface area (Å²) >= 11 is 0. The van der Waals surface area contributed by atoms with Gasteiger partial charge in [-0.15, -0.1) is 0 Å². The molecule has 1 saturated heterocycles. The number of hydrogen-bond donors (Lipinski definition) is 2. The summed E-state index contributed by atoms with van der Waals surface area (Å²) < 4.78 is 0. The van der Waals surface area contributed by atoms with Crippen molar-refractivity contribution in [3.63, 3.8) is 0 Å². The number of nitrogens with one attached hydrogen (secondary N) is 1. The molecule has 1 atom stereocenters. The maximum atomic E-state index is 10.5. The molecule has 3 nitrogen and oxygen atoms in total. The van der Waals surface area contributed by atoms with Crippen LogP contribution in [0.1, 0.15) is 39.0 Å². The van der Waals surface area contributed by atoms with Crippen molar-refractivity contribution in [3.05, 3.63) is 0 Å². The molecule has 0 aromatic rings. The van der Waals surface area contributed by atoms with Gasteiger partial charge >= 0.3 is 0 Å². The Morgan fingerprint density at radius 2 is 2.07 bits per heavy atom. The number of hydrogen-bond acceptors (Lipinski definition) is 3. The third-order valence-corrected chi connectivity index (χ3v) is 3.92. The lowest BCUT2D eigenvalue weighted by atomic mass is 9.84. The zero-order valence-corrected chi connectivity index (χ0v) is 9.84. The Morgan fingerprint density at radius 3 is 2.73 bits per heavy atom. The van der Waals surface area contributed by atoms with E-state index < -0.39 is 0 Å². The highest BCUT2D eigenvalue weighted by molar-refractivity contribution is 4.88. The highest BCUT2D eigenvalue weighted by atomic mass is 16.3. The maximum absolute atomic E-state index is 10.5. The summed E-state index contributed by atoms with van der Waals surface area (Å²) in [7, 11) is 0. The van der Waals surface area contributed by atoms with Crippen LogP contribution in [0, 0.1) is 0 Å². The molecule has 0 amide bonds. The van der Waals surface area contributed by atoms with Crippen LogP contribution >= 0.6 is 0 Å². The van der Waals surface area contributed by atoms with Crippen molar-refractivity contribution >= 4 is 0 Å². The zero-order valence-electron chi connectivity index (χ0n) is 9.84. The second-order valence-corrected chi connectivity index (χ2v) is 5.31. The first-order valence-corrected chi connectivity index (χ1v) is 6.37. The van der Waals surface area contributed by atoms with E-state index in [1.54, 1.807) is 0 Å². The summed E-state index contributed by atoms with van der Waals surface area (Å²) in [5.74, 6) is 0. The number of rotatable bonds is 2. The minimum Gasteiger partial charge on any atom is -0.389 e. The molecule has 1 aliphatic carbocycles. The molecule has 15 heavy (non-hydrogen) atoms. The molecule has 0 aromatic heterocycles. The van der Waals surface area contributed by atoms with Gasteiger partial charge < -0.3 is 10.4 Å².